The molecule has 21 heavy (non-hydrogen) atoms. The summed E-state index contributed by atoms with van der Waals surface area (Å²) in [5, 5.41) is 9.22. The molecule has 0 saturated carbocycles. The van der Waals surface area contributed by atoms with Gasteiger partial charge in [0.2, 0.25) is 0 Å². The van der Waals surface area contributed by atoms with Crippen molar-refractivity contribution in [2.45, 2.75) is 39.8 Å². The molecule has 0 radical (unpaired) electrons. The average Bonchev–Trinajstić information content (AvgIpc) is 2.45. The van der Waals surface area contributed by atoms with Gasteiger partial charge < -0.3 is 9.84 Å². The number of rotatable bonds is 4. The molecule has 4 nitrogen and oxygen atoms in total. The molecule has 2 rings (SSSR count). The fourth-order valence-corrected chi connectivity index (χ4v) is 2.74. The van der Waals surface area contributed by atoms with Crippen LogP contribution < -0.4 is 0 Å². The normalized spacial score (nSPS) is 23.3. The topological polar surface area (TPSA) is 49.8 Å². The molecule has 0 bridgehead atoms. The van der Waals surface area contributed by atoms with Gasteiger partial charge in [0.25, 0.3) is 0 Å². The Morgan fingerprint density at radius 2 is 1.95 bits per heavy atom. The van der Waals surface area contributed by atoms with Gasteiger partial charge in [-0.25, -0.2) is 0 Å². The summed E-state index contributed by atoms with van der Waals surface area (Å²) in [6.45, 7) is 9.67. The third kappa shape index (κ3) is 3.70. The quantitative estimate of drug-likeness (QED) is 0.861. The number of aliphatic hydroxyl groups is 1. The molecule has 0 aromatic heterocycles. The van der Waals surface area contributed by atoms with Gasteiger partial charge in [-0.15, -0.1) is 0 Å². The summed E-state index contributed by atoms with van der Waals surface area (Å²) in [5.74, 6) is 0.140. The van der Waals surface area contributed by atoms with Crippen molar-refractivity contribution in [1.82, 2.24) is 4.90 Å². The third-order valence-corrected chi connectivity index (χ3v) is 4.33. The van der Waals surface area contributed by atoms with E-state index >= 15 is 0 Å². The Balaban J connectivity index is 2.12. The lowest BCUT2D eigenvalue weighted by molar-refractivity contribution is -0.0747. The second kappa shape index (κ2) is 6.69. The molecule has 0 aliphatic carbocycles. The number of nitrogens with zero attached hydrogens (tertiary/aromatic N) is 1. The van der Waals surface area contributed by atoms with Gasteiger partial charge >= 0.3 is 0 Å². The Labute approximate surface area is 126 Å². The molecule has 0 amide bonds. The van der Waals surface area contributed by atoms with Crippen LogP contribution >= 0.6 is 0 Å². The Kier molecular flexibility index (Phi) is 5.14. The van der Waals surface area contributed by atoms with Crippen LogP contribution in [0.2, 0.25) is 0 Å². The SMILES string of the molecule is Cc1cc(C)c(C(=O)CN2CC(CO)OCC2C)cc1C. The molecule has 2 unspecified atom stereocenters. The Morgan fingerprint density at radius 3 is 2.62 bits per heavy atom. The first kappa shape index (κ1) is 16.1. The number of hydrogen-bond donors (Lipinski definition) is 1. The third-order valence-electron chi connectivity index (χ3n) is 4.33. The van der Waals surface area contributed by atoms with E-state index in [0.717, 1.165) is 16.7 Å². The number of ether oxygens (including phenoxy) is 1. The molecule has 1 N–H and O–H groups in total. The molecule has 1 fully saturated rings. The minimum atomic E-state index is -0.185. The molecule has 116 valence electrons. The average molecular weight is 291 g/mol. The first-order chi connectivity index (χ1) is 9.92. The van der Waals surface area contributed by atoms with Crippen molar-refractivity contribution in [3.8, 4) is 0 Å². The highest BCUT2D eigenvalue weighted by molar-refractivity contribution is 5.99. The standard InChI is InChI=1S/C17H25NO3/c1-11-5-13(3)16(6-12(11)2)17(20)8-18-7-15(9-19)21-10-14(18)4/h5-6,14-15,19H,7-10H2,1-4H3. The van der Waals surface area contributed by atoms with Gasteiger partial charge in [-0.1, -0.05) is 6.07 Å². The van der Waals surface area contributed by atoms with E-state index in [-0.39, 0.29) is 24.5 Å². The van der Waals surface area contributed by atoms with E-state index in [2.05, 4.69) is 17.9 Å². The van der Waals surface area contributed by atoms with Crippen molar-refractivity contribution in [2.75, 3.05) is 26.3 Å². The second-order valence-electron chi connectivity index (χ2n) is 6.09. The molecule has 2 atom stereocenters. The van der Waals surface area contributed by atoms with Gasteiger partial charge in [0.1, 0.15) is 0 Å². The number of carbonyl (C=O) groups excluding carboxylic acids is 1. The van der Waals surface area contributed by atoms with Crippen LogP contribution in [0, 0.1) is 20.8 Å². The maximum atomic E-state index is 12.6. The predicted molar refractivity (Wildman–Crippen MR) is 82.8 cm³/mol. The summed E-state index contributed by atoms with van der Waals surface area (Å²) < 4.78 is 5.51. The minimum Gasteiger partial charge on any atom is -0.394 e. The molecule has 4 heteroatoms. The molecular weight excluding hydrogens is 266 g/mol. The van der Waals surface area contributed by atoms with Crippen LogP contribution in [0.1, 0.15) is 34.0 Å². The number of ketones is 1. The maximum absolute atomic E-state index is 12.6. The minimum absolute atomic E-state index is 0.0000775. The van der Waals surface area contributed by atoms with Crippen LogP contribution in [0.5, 0.6) is 0 Å². The molecule has 1 aromatic rings. The van der Waals surface area contributed by atoms with Gasteiger partial charge in [0.15, 0.2) is 5.78 Å². The van der Waals surface area contributed by atoms with Crippen molar-refractivity contribution >= 4 is 5.78 Å². The van der Waals surface area contributed by atoms with E-state index in [1.54, 1.807) is 0 Å². The van der Waals surface area contributed by atoms with E-state index in [0.29, 0.717) is 19.7 Å². The van der Waals surface area contributed by atoms with E-state index in [1.165, 1.54) is 5.56 Å². The van der Waals surface area contributed by atoms with Crippen LogP contribution in [0.15, 0.2) is 12.1 Å². The van der Waals surface area contributed by atoms with Crippen LogP contribution in [-0.4, -0.2) is 54.2 Å². The lowest BCUT2D eigenvalue weighted by Gasteiger charge is -2.37. The molecule has 1 heterocycles. The van der Waals surface area contributed by atoms with Gasteiger partial charge in [0, 0.05) is 18.2 Å². The summed E-state index contributed by atoms with van der Waals surface area (Å²) in [5.41, 5.74) is 4.19. The predicted octanol–water partition coefficient (Wildman–Crippen LogP) is 1.88. The van der Waals surface area contributed by atoms with E-state index in [4.69, 9.17) is 4.74 Å². The highest BCUT2D eigenvalue weighted by Gasteiger charge is 2.27. The Hall–Kier alpha value is -1.23. The van der Waals surface area contributed by atoms with Crippen LogP contribution in [0.3, 0.4) is 0 Å². The number of morpholine rings is 1. The number of hydrogen-bond acceptors (Lipinski definition) is 4. The summed E-state index contributed by atoms with van der Waals surface area (Å²) in [7, 11) is 0. The van der Waals surface area contributed by atoms with Crippen LogP contribution in [0.25, 0.3) is 0 Å². The van der Waals surface area contributed by atoms with Crippen LogP contribution in [-0.2, 0) is 4.74 Å². The monoisotopic (exact) mass is 291 g/mol. The molecule has 1 aliphatic rings. The maximum Gasteiger partial charge on any atom is 0.177 e. The zero-order chi connectivity index (χ0) is 15.6. The lowest BCUT2D eigenvalue weighted by Crippen LogP contribution is -2.51. The zero-order valence-electron chi connectivity index (χ0n) is 13.3. The highest BCUT2D eigenvalue weighted by atomic mass is 16.5. The molecule has 1 aromatic carbocycles. The summed E-state index contributed by atoms with van der Waals surface area (Å²) in [6, 6.07) is 4.26. The van der Waals surface area contributed by atoms with E-state index < -0.39 is 0 Å². The number of aliphatic hydroxyl groups excluding tert-OH is 1. The number of carbonyl (C=O) groups is 1. The van der Waals surface area contributed by atoms with Crippen molar-refractivity contribution in [1.29, 1.82) is 0 Å². The van der Waals surface area contributed by atoms with Gasteiger partial charge in [-0.3, -0.25) is 9.69 Å². The first-order valence-electron chi connectivity index (χ1n) is 7.50. The van der Waals surface area contributed by atoms with Crippen molar-refractivity contribution in [2.24, 2.45) is 0 Å². The Morgan fingerprint density at radius 1 is 1.29 bits per heavy atom. The lowest BCUT2D eigenvalue weighted by atomic mass is 9.97. The van der Waals surface area contributed by atoms with Gasteiger partial charge in [0.05, 0.1) is 25.9 Å². The molecular formula is C17H25NO3. The van der Waals surface area contributed by atoms with Crippen molar-refractivity contribution in [3.05, 3.63) is 34.4 Å². The Bertz CT molecular complexity index is 527. The molecule has 1 aliphatic heterocycles. The summed E-state index contributed by atoms with van der Waals surface area (Å²) >= 11 is 0. The summed E-state index contributed by atoms with van der Waals surface area (Å²) in [4.78, 5) is 14.7. The van der Waals surface area contributed by atoms with Crippen molar-refractivity contribution in [3.63, 3.8) is 0 Å². The largest absolute Gasteiger partial charge is 0.394 e. The number of aryl methyl sites for hydroxylation is 3. The fourth-order valence-electron chi connectivity index (χ4n) is 2.74. The number of Topliss-reactive ketones (excluding diaryl/α,β-unsaturated/α-hetero) is 1. The van der Waals surface area contributed by atoms with Crippen LogP contribution in [0.4, 0.5) is 0 Å². The highest BCUT2D eigenvalue weighted by Crippen LogP contribution is 2.18. The van der Waals surface area contributed by atoms with Gasteiger partial charge in [-0.05, 0) is 50.5 Å². The van der Waals surface area contributed by atoms with E-state index in [1.807, 2.05) is 26.8 Å². The number of benzene rings is 1. The fraction of sp³-hybridized carbons (Fsp3) is 0.588. The molecule has 0 spiro atoms. The van der Waals surface area contributed by atoms with Gasteiger partial charge in [-0.2, -0.15) is 0 Å². The zero-order valence-corrected chi connectivity index (χ0v) is 13.3. The second-order valence-corrected chi connectivity index (χ2v) is 6.09. The summed E-state index contributed by atoms with van der Waals surface area (Å²) in [6.07, 6.45) is -0.185. The van der Waals surface area contributed by atoms with Crippen molar-refractivity contribution < 1.29 is 14.6 Å². The van der Waals surface area contributed by atoms with E-state index in [9.17, 15) is 9.90 Å². The smallest absolute Gasteiger partial charge is 0.177 e. The molecule has 1 saturated heterocycles. The first-order valence-corrected chi connectivity index (χ1v) is 7.50.